The van der Waals surface area contributed by atoms with Crippen molar-refractivity contribution < 1.29 is 14.3 Å². The van der Waals surface area contributed by atoms with Crippen LogP contribution in [0.5, 0.6) is 5.88 Å². The number of carbonyl (C=O) groups is 2. The molecule has 0 unspecified atom stereocenters. The highest BCUT2D eigenvalue weighted by Crippen LogP contribution is 2.08. The van der Waals surface area contributed by atoms with Gasteiger partial charge in [-0.15, -0.1) is 0 Å². The first kappa shape index (κ1) is 14.7. The van der Waals surface area contributed by atoms with Crippen LogP contribution in [0, 0.1) is 0 Å². The summed E-state index contributed by atoms with van der Waals surface area (Å²) in [7, 11) is 0. The molecule has 4 N–H and O–H groups in total. The zero-order valence-corrected chi connectivity index (χ0v) is 10.8. The highest BCUT2D eigenvalue weighted by atomic mass is 16.5. The molecule has 0 radical (unpaired) electrons. The summed E-state index contributed by atoms with van der Waals surface area (Å²) in [5.74, 6) is 0.0757. The normalized spacial score (nSPS) is 9.74. The van der Waals surface area contributed by atoms with Crippen LogP contribution in [-0.2, 0) is 11.3 Å². The van der Waals surface area contributed by atoms with E-state index in [2.05, 4.69) is 15.6 Å². The maximum atomic E-state index is 11.4. The first-order chi connectivity index (χ1) is 9.11. The average Bonchev–Trinajstić information content (AvgIpc) is 2.37. The van der Waals surface area contributed by atoms with Crippen LogP contribution in [0.15, 0.2) is 18.3 Å². The molecule has 0 atom stereocenters. The lowest BCUT2D eigenvalue weighted by Gasteiger charge is -2.08. The molecule has 1 heterocycles. The summed E-state index contributed by atoms with van der Waals surface area (Å²) in [6.45, 7) is 2.99. The number of rotatable bonds is 7. The number of amides is 3. The number of hydrogen-bond acceptors (Lipinski definition) is 4. The lowest BCUT2D eigenvalue weighted by molar-refractivity contribution is -0.117. The third-order valence-electron chi connectivity index (χ3n) is 2.20. The minimum absolute atomic E-state index is 0.122. The molecule has 7 heteroatoms. The van der Waals surface area contributed by atoms with Crippen LogP contribution in [0.2, 0.25) is 0 Å². The Morgan fingerprint density at radius 3 is 2.89 bits per heavy atom. The van der Waals surface area contributed by atoms with Gasteiger partial charge >= 0.3 is 6.03 Å². The van der Waals surface area contributed by atoms with Crippen molar-refractivity contribution in [2.75, 3.05) is 13.2 Å². The maximum absolute atomic E-state index is 11.4. The molecule has 0 saturated carbocycles. The molecule has 0 fully saturated rings. The van der Waals surface area contributed by atoms with E-state index in [9.17, 15) is 9.59 Å². The number of carbonyl (C=O) groups excluding carboxylic acids is 2. The fourth-order valence-corrected chi connectivity index (χ4v) is 1.33. The van der Waals surface area contributed by atoms with Crippen molar-refractivity contribution in [3.8, 4) is 5.88 Å². The van der Waals surface area contributed by atoms with E-state index in [4.69, 9.17) is 10.5 Å². The van der Waals surface area contributed by atoms with Crippen molar-refractivity contribution in [3.05, 3.63) is 23.9 Å². The summed E-state index contributed by atoms with van der Waals surface area (Å²) in [5, 5.41) is 5.18. The van der Waals surface area contributed by atoms with Gasteiger partial charge in [0.15, 0.2) is 0 Å². The van der Waals surface area contributed by atoms with Gasteiger partial charge in [0.1, 0.15) is 0 Å². The van der Waals surface area contributed by atoms with Crippen LogP contribution >= 0.6 is 0 Å². The van der Waals surface area contributed by atoms with E-state index in [1.54, 1.807) is 18.3 Å². The Kier molecular flexibility index (Phi) is 6.14. The molecule has 104 valence electrons. The minimum Gasteiger partial charge on any atom is -0.478 e. The molecule has 19 heavy (non-hydrogen) atoms. The molecular weight excluding hydrogens is 248 g/mol. The van der Waals surface area contributed by atoms with Crippen LogP contribution in [-0.4, -0.2) is 30.1 Å². The van der Waals surface area contributed by atoms with Gasteiger partial charge < -0.3 is 21.1 Å². The average molecular weight is 266 g/mol. The van der Waals surface area contributed by atoms with Crippen LogP contribution in [0.4, 0.5) is 4.79 Å². The molecule has 1 aromatic heterocycles. The number of primary amides is 1. The van der Waals surface area contributed by atoms with Gasteiger partial charge in [-0.2, -0.15) is 0 Å². The third-order valence-corrected chi connectivity index (χ3v) is 2.20. The van der Waals surface area contributed by atoms with Crippen LogP contribution in [0.3, 0.4) is 0 Å². The number of nitrogens with zero attached hydrogens (tertiary/aromatic N) is 1. The quantitative estimate of drug-likeness (QED) is 0.653. The summed E-state index contributed by atoms with van der Waals surface area (Å²) in [6, 6.07) is 3.19. The zero-order chi connectivity index (χ0) is 14.1. The molecule has 1 rings (SSSR count). The Morgan fingerprint density at radius 2 is 2.21 bits per heavy atom. The largest absolute Gasteiger partial charge is 0.478 e. The molecule has 0 spiro atoms. The highest BCUT2D eigenvalue weighted by molar-refractivity contribution is 5.76. The Hall–Kier alpha value is -2.31. The molecule has 0 aliphatic carbocycles. The monoisotopic (exact) mass is 266 g/mol. The lowest BCUT2D eigenvalue weighted by Crippen LogP contribution is -2.36. The second-order valence-corrected chi connectivity index (χ2v) is 3.76. The second-order valence-electron chi connectivity index (χ2n) is 3.76. The van der Waals surface area contributed by atoms with Crippen molar-refractivity contribution in [1.82, 2.24) is 15.6 Å². The summed E-state index contributed by atoms with van der Waals surface area (Å²) in [4.78, 5) is 25.9. The number of aromatic nitrogens is 1. The first-order valence-electron chi connectivity index (χ1n) is 5.99. The smallest absolute Gasteiger partial charge is 0.315 e. The minimum atomic E-state index is -0.448. The highest BCUT2D eigenvalue weighted by Gasteiger charge is 2.02. The van der Waals surface area contributed by atoms with Gasteiger partial charge in [-0.1, -0.05) is 0 Å². The van der Waals surface area contributed by atoms with Crippen molar-refractivity contribution in [1.29, 1.82) is 0 Å². The Labute approximate surface area is 111 Å². The summed E-state index contributed by atoms with van der Waals surface area (Å²) >= 11 is 0. The van der Waals surface area contributed by atoms with Gasteiger partial charge in [0, 0.05) is 31.8 Å². The standard InChI is InChI=1S/C12H18N4O3/c1-2-19-11-7-9(3-5-14-11)8-16-12(18)15-6-4-10(13)17/h3,5,7H,2,4,6,8H2,1H3,(H2,13,17)(H2,15,16,18). The van der Waals surface area contributed by atoms with Crippen molar-refractivity contribution in [2.24, 2.45) is 5.73 Å². The van der Waals surface area contributed by atoms with E-state index in [1.165, 1.54) is 0 Å². The molecule has 7 nitrogen and oxygen atoms in total. The molecular formula is C12H18N4O3. The Bertz CT molecular complexity index is 437. The van der Waals surface area contributed by atoms with E-state index >= 15 is 0 Å². The molecule has 1 aromatic rings. The molecule has 0 aliphatic heterocycles. The van der Waals surface area contributed by atoms with E-state index < -0.39 is 5.91 Å². The number of pyridine rings is 1. The summed E-state index contributed by atoms with van der Waals surface area (Å²) < 4.78 is 5.25. The van der Waals surface area contributed by atoms with E-state index in [-0.39, 0.29) is 19.0 Å². The van der Waals surface area contributed by atoms with Crippen LogP contribution in [0.25, 0.3) is 0 Å². The second kappa shape index (κ2) is 7.91. The number of ether oxygens (including phenoxy) is 1. The number of urea groups is 1. The van der Waals surface area contributed by atoms with Gasteiger partial charge in [-0.05, 0) is 18.6 Å². The zero-order valence-electron chi connectivity index (χ0n) is 10.8. The fraction of sp³-hybridized carbons (Fsp3) is 0.417. The lowest BCUT2D eigenvalue weighted by atomic mass is 10.2. The van der Waals surface area contributed by atoms with Crippen molar-refractivity contribution in [2.45, 2.75) is 19.9 Å². The van der Waals surface area contributed by atoms with E-state index in [0.717, 1.165) is 5.56 Å². The predicted octanol–water partition coefficient (Wildman–Crippen LogP) is 0.155. The summed E-state index contributed by atoms with van der Waals surface area (Å²) in [5.41, 5.74) is 5.84. The first-order valence-corrected chi connectivity index (χ1v) is 5.99. The molecule has 0 aliphatic rings. The summed E-state index contributed by atoms with van der Waals surface area (Å²) in [6.07, 6.45) is 1.74. The Morgan fingerprint density at radius 1 is 1.42 bits per heavy atom. The molecule has 3 amide bonds. The van der Waals surface area contributed by atoms with Crippen LogP contribution < -0.4 is 21.1 Å². The van der Waals surface area contributed by atoms with E-state index in [0.29, 0.717) is 19.0 Å². The van der Waals surface area contributed by atoms with Gasteiger partial charge in [0.2, 0.25) is 11.8 Å². The molecule has 0 saturated heterocycles. The van der Waals surface area contributed by atoms with Crippen molar-refractivity contribution >= 4 is 11.9 Å². The topological polar surface area (TPSA) is 106 Å². The third kappa shape index (κ3) is 6.25. The number of nitrogens with two attached hydrogens (primary N) is 1. The van der Waals surface area contributed by atoms with Gasteiger partial charge in [0.05, 0.1) is 6.61 Å². The molecule has 0 aromatic carbocycles. The van der Waals surface area contributed by atoms with Crippen molar-refractivity contribution in [3.63, 3.8) is 0 Å². The SMILES string of the molecule is CCOc1cc(CNC(=O)NCCC(N)=O)ccn1. The number of hydrogen-bond donors (Lipinski definition) is 3. The van der Waals surface area contributed by atoms with Gasteiger partial charge in [-0.3, -0.25) is 4.79 Å². The number of nitrogens with one attached hydrogen (secondary N) is 2. The fourth-order valence-electron chi connectivity index (χ4n) is 1.33. The Balaban J connectivity index is 2.33. The van der Waals surface area contributed by atoms with Gasteiger partial charge in [-0.25, -0.2) is 9.78 Å². The van der Waals surface area contributed by atoms with E-state index in [1.807, 2.05) is 6.92 Å². The molecule has 0 bridgehead atoms. The van der Waals surface area contributed by atoms with Gasteiger partial charge in [0.25, 0.3) is 0 Å². The predicted molar refractivity (Wildman–Crippen MR) is 69.5 cm³/mol. The maximum Gasteiger partial charge on any atom is 0.315 e. The van der Waals surface area contributed by atoms with Crippen LogP contribution in [0.1, 0.15) is 18.9 Å².